The Bertz CT molecular complexity index is 635. The summed E-state index contributed by atoms with van der Waals surface area (Å²) in [6.07, 6.45) is 6.53. The van der Waals surface area contributed by atoms with Crippen molar-refractivity contribution in [2.75, 3.05) is 19.6 Å². The molecule has 1 aromatic heterocycles. The summed E-state index contributed by atoms with van der Waals surface area (Å²) in [5, 5.41) is 3.03. The molecule has 2 amide bonds. The summed E-state index contributed by atoms with van der Waals surface area (Å²) in [5.74, 6) is 0.652. The predicted molar refractivity (Wildman–Crippen MR) is 99.5 cm³/mol. The third kappa shape index (κ3) is 4.59. The summed E-state index contributed by atoms with van der Waals surface area (Å²) in [5.41, 5.74) is 1.89. The number of carbonyl (C=O) groups is 2. The molecule has 1 aliphatic heterocycles. The molecule has 1 saturated carbocycles. The monoisotopic (exact) mass is 358 g/mol. The smallest absolute Gasteiger partial charge is 0.226 e. The Morgan fingerprint density at radius 1 is 1.04 bits per heavy atom. The van der Waals surface area contributed by atoms with Crippen molar-refractivity contribution in [1.82, 2.24) is 20.2 Å². The fraction of sp³-hybridized carbons (Fsp3) is 0.700. The van der Waals surface area contributed by atoms with E-state index >= 15 is 0 Å². The summed E-state index contributed by atoms with van der Waals surface area (Å²) in [4.78, 5) is 36.3. The van der Waals surface area contributed by atoms with E-state index in [-0.39, 0.29) is 23.7 Å². The molecule has 142 valence electrons. The van der Waals surface area contributed by atoms with Gasteiger partial charge in [-0.25, -0.2) is 9.97 Å². The molecule has 1 saturated heterocycles. The van der Waals surface area contributed by atoms with E-state index in [1.807, 2.05) is 24.8 Å². The van der Waals surface area contributed by atoms with Gasteiger partial charge in [-0.3, -0.25) is 9.59 Å². The molecular weight excluding hydrogens is 328 g/mol. The lowest BCUT2D eigenvalue weighted by Gasteiger charge is -2.32. The normalized spacial score (nSPS) is 23.1. The second kappa shape index (κ2) is 8.60. The van der Waals surface area contributed by atoms with Crippen LogP contribution in [-0.2, 0) is 16.0 Å². The molecule has 0 aromatic carbocycles. The number of aromatic nitrogens is 2. The highest BCUT2D eigenvalue weighted by atomic mass is 16.2. The van der Waals surface area contributed by atoms with Crippen molar-refractivity contribution < 1.29 is 9.59 Å². The first-order valence-corrected chi connectivity index (χ1v) is 9.92. The van der Waals surface area contributed by atoms with Crippen LogP contribution in [0.25, 0.3) is 0 Å². The van der Waals surface area contributed by atoms with Crippen molar-refractivity contribution in [2.24, 2.45) is 11.8 Å². The minimum absolute atomic E-state index is 0.0200. The largest absolute Gasteiger partial charge is 0.355 e. The minimum Gasteiger partial charge on any atom is -0.355 e. The topological polar surface area (TPSA) is 75.2 Å². The zero-order valence-corrected chi connectivity index (χ0v) is 16.0. The summed E-state index contributed by atoms with van der Waals surface area (Å²) < 4.78 is 0. The van der Waals surface area contributed by atoms with Crippen molar-refractivity contribution in [3.05, 3.63) is 23.3 Å². The lowest BCUT2D eigenvalue weighted by molar-refractivity contribution is -0.142. The van der Waals surface area contributed by atoms with Gasteiger partial charge in [0.1, 0.15) is 5.82 Å². The van der Waals surface area contributed by atoms with Gasteiger partial charge < -0.3 is 10.2 Å². The molecule has 1 aromatic rings. The van der Waals surface area contributed by atoms with Crippen LogP contribution >= 0.6 is 0 Å². The summed E-state index contributed by atoms with van der Waals surface area (Å²) in [6, 6.07) is 1.94. The molecule has 2 heterocycles. The Balaban J connectivity index is 1.55. The molecule has 1 aliphatic carbocycles. The van der Waals surface area contributed by atoms with Crippen molar-refractivity contribution in [2.45, 2.75) is 58.8 Å². The maximum absolute atomic E-state index is 12.8. The average Bonchev–Trinajstić information content (AvgIpc) is 3.15. The van der Waals surface area contributed by atoms with Crippen LogP contribution in [-0.4, -0.2) is 46.3 Å². The fourth-order valence-corrected chi connectivity index (χ4v) is 4.25. The molecule has 1 N–H and O–H groups in total. The molecule has 26 heavy (non-hydrogen) atoms. The first kappa shape index (κ1) is 18.8. The van der Waals surface area contributed by atoms with Crippen LogP contribution in [0.15, 0.2) is 6.07 Å². The van der Waals surface area contributed by atoms with Gasteiger partial charge in [-0.15, -0.1) is 0 Å². The van der Waals surface area contributed by atoms with E-state index in [2.05, 4.69) is 15.3 Å². The van der Waals surface area contributed by atoms with Gasteiger partial charge in [-0.05, 0) is 45.6 Å². The number of rotatable bonds is 5. The van der Waals surface area contributed by atoms with Gasteiger partial charge in [-0.2, -0.15) is 0 Å². The quantitative estimate of drug-likeness (QED) is 0.875. The molecule has 3 rings (SSSR count). The molecule has 0 spiro atoms. The zero-order chi connectivity index (χ0) is 18.5. The molecule has 2 atom stereocenters. The average molecular weight is 358 g/mol. The highest BCUT2D eigenvalue weighted by molar-refractivity contribution is 5.88. The van der Waals surface area contributed by atoms with E-state index in [1.54, 1.807) is 0 Å². The minimum atomic E-state index is -0.183. The molecule has 0 radical (unpaired) electrons. The summed E-state index contributed by atoms with van der Waals surface area (Å²) in [6.45, 7) is 6.13. The van der Waals surface area contributed by atoms with Gasteiger partial charge in [-0.1, -0.05) is 12.8 Å². The highest BCUT2D eigenvalue weighted by Gasteiger charge is 2.38. The third-order valence-corrected chi connectivity index (χ3v) is 5.51. The number of hydrogen-bond acceptors (Lipinski definition) is 4. The number of nitrogens with one attached hydrogen (secondary N) is 1. The van der Waals surface area contributed by atoms with Gasteiger partial charge in [0.2, 0.25) is 11.8 Å². The third-order valence-electron chi connectivity index (χ3n) is 5.51. The SMILES string of the molecule is Cc1cc(C)nc(CCNC(=O)[C@H]2CCCC[C@H]2C(=O)N2CCCC2)n1. The first-order chi connectivity index (χ1) is 12.5. The standard InChI is InChI=1S/C20H30N4O2/c1-14-13-15(2)23-18(22-14)9-10-21-19(25)16-7-3-4-8-17(16)20(26)24-11-5-6-12-24/h13,16-17H,3-12H2,1-2H3,(H,21,25)/t16-,17+/m0/s1. The number of amides is 2. The van der Waals surface area contributed by atoms with Crippen molar-refractivity contribution >= 4 is 11.8 Å². The van der Waals surface area contributed by atoms with E-state index in [0.717, 1.165) is 68.8 Å². The van der Waals surface area contributed by atoms with Crippen LogP contribution in [0, 0.1) is 25.7 Å². The van der Waals surface area contributed by atoms with E-state index in [9.17, 15) is 9.59 Å². The number of carbonyl (C=O) groups excluding carboxylic acids is 2. The molecular formula is C20H30N4O2. The van der Waals surface area contributed by atoms with Crippen LogP contribution in [0.1, 0.15) is 55.7 Å². The molecule has 2 fully saturated rings. The second-order valence-electron chi connectivity index (χ2n) is 7.64. The van der Waals surface area contributed by atoms with Crippen LogP contribution in [0.2, 0.25) is 0 Å². The Morgan fingerprint density at radius 2 is 1.65 bits per heavy atom. The van der Waals surface area contributed by atoms with Crippen LogP contribution in [0.5, 0.6) is 0 Å². The lowest BCUT2D eigenvalue weighted by atomic mass is 9.78. The molecule has 0 bridgehead atoms. The van der Waals surface area contributed by atoms with Gasteiger partial charge in [0.15, 0.2) is 0 Å². The van der Waals surface area contributed by atoms with E-state index in [4.69, 9.17) is 0 Å². The Hall–Kier alpha value is -1.98. The summed E-state index contributed by atoms with van der Waals surface area (Å²) >= 11 is 0. The van der Waals surface area contributed by atoms with E-state index < -0.39 is 0 Å². The Labute approximate surface area is 155 Å². The number of hydrogen-bond donors (Lipinski definition) is 1. The van der Waals surface area contributed by atoms with Crippen molar-refractivity contribution in [3.8, 4) is 0 Å². The van der Waals surface area contributed by atoms with Crippen LogP contribution in [0.3, 0.4) is 0 Å². The molecule has 0 unspecified atom stereocenters. The van der Waals surface area contributed by atoms with Gasteiger partial charge in [0, 0.05) is 49.3 Å². The van der Waals surface area contributed by atoms with Crippen molar-refractivity contribution in [1.29, 1.82) is 0 Å². The number of nitrogens with zero attached hydrogens (tertiary/aromatic N) is 3. The Morgan fingerprint density at radius 3 is 2.31 bits per heavy atom. The van der Waals surface area contributed by atoms with Crippen LogP contribution < -0.4 is 5.32 Å². The molecule has 6 heteroatoms. The van der Waals surface area contributed by atoms with Gasteiger partial charge >= 0.3 is 0 Å². The predicted octanol–water partition coefficient (Wildman–Crippen LogP) is 2.18. The van der Waals surface area contributed by atoms with Gasteiger partial charge in [0.05, 0.1) is 0 Å². The number of likely N-dealkylation sites (tertiary alicyclic amines) is 1. The number of aryl methyl sites for hydroxylation is 2. The highest BCUT2D eigenvalue weighted by Crippen LogP contribution is 2.32. The summed E-state index contributed by atoms with van der Waals surface area (Å²) in [7, 11) is 0. The maximum Gasteiger partial charge on any atom is 0.226 e. The zero-order valence-electron chi connectivity index (χ0n) is 16.0. The van der Waals surface area contributed by atoms with Gasteiger partial charge in [0.25, 0.3) is 0 Å². The van der Waals surface area contributed by atoms with E-state index in [0.29, 0.717) is 13.0 Å². The second-order valence-corrected chi connectivity index (χ2v) is 7.64. The van der Waals surface area contributed by atoms with Crippen LogP contribution in [0.4, 0.5) is 0 Å². The first-order valence-electron chi connectivity index (χ1n) is 9.92. The molecule has 6 nitrogen and oxygen atoms in total. The van der Waals surface area contributed by atoms with E-state index in [1.165, 1.54) is 0 Å². The Kier molecular flexibility index (Phi) is 6.22. The fourth-order valence-electron chi connectivity index (χ4n) is 4.25. The van der Waals surface area contributed by atoms with Crippen molar-refractivity contribution in [3.63, 3.8) is 0 Å². The maximum atomic E-state index is 12.8. The molecule has 2 aliphatic rings. The lowest BCUT2D eigenvalue weighted by Crippen LogP contribution is -2.45.